The van der Waals surface area contributed by atoms with Gasteiger partial charge in [-0.05, 0) is 37.3 Å². The van der Waals surface area contributed by atoms with Crippen molar-refractivity contribution in [3.63, 3.8) is 0 Å². The molecule has 1 unspecified atom stereocenters. The minimum Gasteiger partial charge on any atom is -0.495 e. The van der Waals surface area contributed by atoms with Crippen LogP contribution < -0.4 is 15.8 Å². The van der Waals surface area contributed by atoms with Crippen LogP contribution in [0.3, 0.4) is 0 Å². The Morgan fingerprint density at radius 1 is 1.58 bits per heavy atom. The largest absolute Gasteiger partial charge is 0.495 e. The quantitative estimate of drug-likeness (QED) is 0.760. The summed E-state index contributed by atoms with van der Waals surface area (Å²) >= 11 is 7.55. The Morgan fingerprint density at radius 2 is 2.32 bits per heavy atom. The molecule has 1 aromatic carbocycles. The van der Waals surface area contributed by atoms with Gasteiger partial charge in [0.2, 0.25) is 5.91 Å². The molecule has 106 valence electrons. The summed E-state index contributed by atoms with van der Waals surface area (Å²) in [5, 5.41) is 3.27. The van der Waals surface area contributed by atoms with Crippen molar-refractivity contribution < 1.29 is 9.53 Å². The molecule has 0 aromatic heterocycles. The van der Waals surface area contributed by atoms with E-state index in [-0.39, 0.29) is 11.9 Å². The van der Waals surface area contributed by atoms with E-state index in [2.05, 4.69) is 5.32 Å². The molecule has 0 aliphatic carbocycles. The number of hydrogen-bond donors (Lipinski definition) is 2. The second-order valence-corrected chi connectivity index (χ2v) is 5.73. The third-order valence-electron chi connectivity index (χ3n) is 2.39. The maximum absolute atomic E-state index is 11.7. The summed E-state index contributed by atoms with van der Waals surface area (Å²) in [6.45, 7) is 1.96. The third-order valence-corrected chi connectivity index (χ3v) is 3.67. The summed E-state index contributed by atoms with van der Waals surface area (Å²) in [6, 6.07) is 5.33. The minimum atomic E-state index is -0.0455. The van der Waals surface area contributed by atoms with Gasteiger partial charge in [0.25, 0.3) is 0 Å². The molecule has 6 heteroatoms. The Morgan fingerprint density at radius 3 is 2.89 bits per heavy atom. The molecular weight excluding hydrogens is 284 g/mol. The fourth-order valence-electron chi connectivity index (χ4n) is 1.38. The van der Waals surface area contributed by atoms with Crippen LogP contribution >= 0.6 is 23.4 Å². The number of ether oxygens (including phenoxy) is 1. The van der Waals surface area contributed by atoms with Gasteiger partial charge in [0, 0.05) is 11.7 Å². The van der Waals surface area contributed by atoms with E-state index in [1.165, 1.54) is 0 Å². The third kappa shape index (κ3) is 6.18. The van der Waals surface area contributed by atoms with E-state index in [0.29, 0.717) is 22.2 Å². The van der Waals surface area contributed by atoms with Crippen molar-refractivity contribution in [3.05, 3.63) is 23.2 Å². The van der Waals surface area contributed by atoms with Gasteiger partial charge in [-0.2, -0.15) is 11.8 Å². The van der Waals surface area contributed by atoms with Crippen molar-refractivity contribution in [2.75, 3.05) is 23.9 Å². The lowest BCUT2D eigenvalue weighted by Gasteiger charge is -2.08. The normalized spacial score (nSPS) is 12.0. The Bertz CT molecular complexity index is 427. The van der Waals surface area contributed by atoms with Crippen molar-refractivity contribution in [2.24, 2.45) is 5.73 Å². The number of nitrogens with two attached hydrogens (primary N) is 1. The van der Waals surface area contributed by atoms with Gasteiger partial charge >= 0.3 is 0 Å². The number of nitrogens with one attached hydrogen (secondary N) is 1. The number of anilines is 1. The van der Waals surface area contributed by atoms with Crippen molar-refractivity contribution >= 4 is 35.0 Å². The average Bonchev–Trinajstić information content (AvgIpc) is 2.35. The lowest BCUT2D eigenvalue weighted by molar-refractivity contribution is -0.113. The molecule has 1 amide bonds. The average molecular weight is 303 g/mol. The molecule has 19 heavy (non-hydrogen) atoms. The Labute approximate surface area is 123 Å². The predicted molar refractivity (Wildman–Crippen MR) is 82.2 cm³/mol. The second kappa shape index (κ2) is 8.30. The van der Waals surface area contributed by atoms with Gasteiger partial charge in [-0.25, -0.2) is 0 Å². The molecule has 0 fully saturated rings. The van der Waals surface area contributed by atoms with Crippen LogP contribution in [0, 0.1) is 0 Å². The van der Waals surface area contributed by atoms with Crippen molar-refractivity contribution in [1.29, 1.82) is 0 Å². The highest BCUT2D eigenvalue weighted by atomic mass is 35.5. The van der Waals surface area contributed by atoms with E-state index < -0.39 is 0 Å². The Hall–Kier alpha value is -0.910. The standard InChI is InChI=1S/C13H19ClN2O2S/c1-9(15)5-6-19-8-13(17)16-10-3-4-12(18-2)11(14)7-10/h3-4,7,9H,5-6,8,15H2,1-2H3,(H,16,17). The molecule has 0 saturated carbocycles. The second-order valence-electron chi connectivity index (χ2n) is 4.22. The smallest absolute Gasteiger partial charge is 0.234 e. The zero-order chi connectivity index (χ0) is 14.3. The maximum Gasteiger partial charge on any atom is 0.234 e. The van der Waals surface area contributed by atoms with Gasteiger partial charge < -0.3 is 15.8 Å². The Kier molecular flexibility index (Phi) is 7.05. The molecule has 0 aliphatic rings. The van der Waals surface area contributed by atoms with Gasteiger partial charge in [0.1, 0.15) is 5.75 Å². The van der Waals surface area contributed by atoms with E-state index >= 15 is 0 Å². The molecule has 3 N–H and O–H groups in total. The lowest BCUT2D eigenvalue weighted by Crippen LogP contribution is -2.17. The molecular formula is C13H19ClN2O2S. The summed E-state index contributed by atoms with van der Waals surface area (Å²) in [5.74, 6) is 1.84. The van der Waals surface area contributed by atoms with Crippen LogP contribution in [-0.4, -0.2) is 30.6 Å². The lowest BCUT2D eigenvalue weighted by atomic mass is 10.3. The highest BCUT2D eigenvalue weighted by Gasteiger charge is 2.06. The van der Waals surface area contributed by atoms with Crippen LogP contribution in [0.1, 0.15) is 13.3 Å². The summed E-state index contributed by atoms with van der Waals surface area (Å²) in [6.07, 6.45) is 0.909. The molecule has 0 aliphatic heterocycles. The number of carbonyl (C=O) groups is 1. The van der Waals surface area contributed by atoms with Gasteiger partial charge in [-0.1, -0.05) is 11.6 Å². The minimum absolute atomic E-state index is 0.0455. The van der Waals surface area contributed by atoms with Crippen LogP contribution in [0.2, 0.25) is 5.02 Å². The first-order valence-electron chi connectivity index (χ1n) is 5.99. The molecule has 0 spiro atoms. The van der Waals surface area contributed by atoms with Gasteiger partial charge in [0.05, 0.1) is 17.9 Å². The zero-order valence-corrected chi connectivity index (χ0v) is 12.7. The summed E-state index contributed by atoms with van der Waals surface area (Å²) in [7, 11) is 1.55. The van der Waals surface area contributed by atoms with Gasteiger partial charge in [0.15, 0.2) is 0 Å². The number of methoxy groups -OCH3 is 1. The summed E-state index contributed by atoms with van der Waals surface area (Å²) in [4.78, 5) is 11.7. The zero-order valence-electron chi connectivity index (χ0n) is 11.1. The fraction of sp³-hybridized carbons (Fsp3) is 0.462. The first kappa shape index (κ1) is 16.1. The number of hydrogen-bond acceptors (Lipinski definition) is 4. The van der Waals surface area contributed by atoms with Gasteiger partial charge in [-0.15, -0.1) is 0 Å². The topological polar surface area (TPSA) is 64.3 Å². The van der Waals surface area contributed by atoms with Crippen LogP contribution in [0.25, 0.3) is 0 Å². The number of amides is 1. The molecule has 0 radical (unpaired) electrons. The number of halogens is 1. The molecule has 0 saturated heterocycles. The van der Waals surface area contributed by atoms with Crippen molar-refractivity contribution in [1.82, 2.24) is 0 Å². The molecule has 0 heterocycles. The highest BCUT2D eigenvalue weighted by molar-refractivity contribution is 7.99. The van der Waals surface area contributed by atoms with E-state index in [9.17, 15) is 4.79 Å². The number of benzene rings is 1. The van der Waals surface area contributed by atoms with Crippen LogP contribution in [-0.2, 0) is 4.79 Å². The van der Waals surface area contributed by atoms with E-state index in [1.807, 2.05) is 6.92 Å². The SMILES string of the molecule is COc1ccc(NC(=O)CSCCC(C)N)cc1Cl. The summed E-state index contributed by atoms with van der Waals surface area (Å²) in [5.41, 5.74) is 6.31. The molecule has 4 nitrogen and oxygen atoms in total. The summed E-state index contributed by atoms with van der Waals surface area (Å²) < 4.78 is 5.05. The maximum atomic E-state index is 11.7. The van der Waals surface area contributed by atoms with Crippen molar-refractivity contribution in [3.8, 4) is 5.75 Å². The highest BCUT2D eigenvalue weighted by Crippen LogP contribution is 2.27. The van der Waals surface area contributed by atoms with E-state index in [1.54, 1.807) is 37.1 Å². The molecule has 0 bridgehead atoms. The van der Waals surface area contributed by atoms with Crippen LogP contribution in [0.4, 0.5) is 5.69 Å². The predicted octanol–water partition coefficient (Wildman–Crippen LogP) is 2.76. The van der Waals surface area contributed by atoms with E-state index in [4.69, 9.17) is 22.1 Å². The van der Waals surface area contributed by atoms with Crippen LogP contribution in [0.5, 0.6) is 5.75 Å². The first-order valence-corrected chi connectivity index (χ1v) is 7.53. The van der Waals surface area contributed by atoms with Crippen LogP contribution in [0.15, 0.2) is 18.2 Å². The molecule has 1 rings (SSSR count). The first-order chi connectivity index (χ1) is 9.02. The Balaban J connectivity index is 2.38. The van der Waals surface area contributed by atoms with E-state index in [0.717, 1.165) is 12.2 Å². The number of carbonyl (C=O) groups excluding carboxylic acids is 1. The van der Waals surface area contributed by atoms with Crippen molar-refractivity contribution in [2.45, 2.75) is 19.4 Å². The molecule has 1 aromatic rings. The number of thioether (sulfide) groups is 1. The van der Waals surface area contributed by atoms with Gasteiger partial charge in [-0.3, -0.25) is 4.79 Å². The number of rotatable bonds is 7. The monoisotopic (exact) mass is 302 g/mol. The fourth-order valence-corrected chi connectivity index (χ4v) is 2.57. The molecule has 1 atom stereocenters.